The van der Waals surface area contributed by atoms with Gasteiger partial charge in [0.05, 0.1) is 5.56 Å². The molecule has 166 valence electrons. The van der Waals surface area contributed by atoms with Gasteiger partial charge in [-0.3, -0.25) is 0 Å². The molecule has 0 aliphatic heterocycles. The number of ether oxygens (including phenoxy) is 1. The van der Waals surface area contributed by atoms with Crippen molar-refractivity contribution in [3.63, 3.8) is 0 Å². The lowest BCUT2D eigenvalue weighted by atomic mass is 9.92. The van der Waals surface area contributed by atoms with E-state index in [1.807, 2.05) is 37.3 Å². The molecule has 33 heavy (non-hydrogen) atoms. The van der Waals surface area contributed by atoms with Crippen molar-refractivity contribution < 1.29 is 18.3 Å². The highest BCUT2D eigenvalue weighted by atomic mass is 35.5. The van der Waals surface area contributed by atoms with Gasteiger partial charge in [0.2, 0.25) is 0 Å². The Morgan fingerprint density at radius 1 is 0.848 bits per heavy atom. The number of hydrogen-bond donors (Lipinski definition) is 0. The second-order valence-corrected chi connectivity index (χ2v) is 8.29. The van der Waals surface area contributed by atoms with Gasteiger partial charge in [-0.1, -0.05) is 61.0 Å². The van der Waals surface area contributed by atoms with E-state index >= 15 is 0 Å². The minimum Gasteiger partial charge on any atom is -0.423 e. The van der Waals surface area contributed by atoms with Crippen molar-refractivity contribution in [1.82, 2.24) is 0 Å². The molecule has 0 aliphatic carbocycles. The van der Waals surface area contributed by atoms with E-state index in [0.717, 1.165) is 5.56 Å². The number of esters is 1. The summed E-state index contributed by atoms with van der Waals surface area (Å²) in [5.41, 5.74) is 2.42. The smallest absolute Gasteiger partial charge is 0.343 e. The van der Waals surface area contributed by atoms with Crippen LogP contribution in [0, 0.1) is 11.6 Å². The van der Waals surface area contributed by atoms with Gasteiger partial charge in [-0.2, -0.15) is 0 Å². The van der Waals surface area contributed by atoms with E-state index in [4.69, 9.17) is 16.3 Å². The van der Waals surface area contributed by atoms with Crippen LogP contribution in [-0.4, -0.2) is 5.97 Å². The summed E-state index contributed by atoms with van der Waals surface area (Å²) in [5.74, 6) is -1.35. The predicted molar refractivity (Wildman–Crippen MR) is 127 cm³/mol. The average Bonchev–Trinajstić information content (AvgIpc) is 2.83. The van der Waals surface area contributed by atoms with Crippen molar-refractivity contribution in [2.24, 2.45) is 0 Å². The number of rotatable bonds is 6. The molecule has 0 radical (unpaired) electrons. The van der Waals surface area contributed by atoms with Crippen molar-refractivity contribution in [2.75, 3.05) is 0 Å². The minimum absolute atomic E-state index is 0.0213. The molecule has 0 aromatic heterocycles. The van der Waals surface area contributed by atoms with E-state index in [-0.39, 0.29) is 17.9 Å². The monoisotopic (exact) mass is 462 g/mol. The van der Waals surface area contributed by atoms with Crippen LogP contribution in [0.5, 0.6) is 5.75 Å². The summed E-state index contributed by atoms with van der Waals surface area (Å²) >= 11 is 5.83. The number of hydrogen-bond acceptors (Lipinski definition) is 2. The van der Waals surface area contributed by atoms with Crippen LogP contribution < -0.4 is 4.74 Å². The quantitative estimate of drug-likeness (QED) is 0.215. The Morgan fingerprint density at radius 2 is 1.45 bits per heavy atom. The lowest BCUT2D eigenvalue weighted by molar-refractivity contribution is 0.0735. The molecule has 2 nitrogen and oxygen atoms in total. The van der Waals surface area contributed by atoms with E-state index in [9.17, 15) is 13.6 Å². The first-order chi connectivity index (χ1) is 15.9. The van der Waals surface area contributed by atoms with Gasteiger partial charge in [0.25, 0.3) is 0 Å². The summed E-state index contributed by atoms with van der Waals surface area (Å²) in [5, 5.41) is 0.541. The minimum atomic E-state index is -0.584. The Bertz CT molecular complexity index is 1230. The molecule has 0 fully saturated rings. The van der Waals surface area contributed by atoms with E-state index in [2.05, 4.69) is 0 Å². The van der Waals surface area contributed by atoms with Crippen LogP contribution >= 0.6 is 11.6 Å². The molecular formula is C28H21ClF2O2. The van der Waals surface area contributed by atoms with Crippen LogP contribution in [0.4, 0.5) is 8.78 Å². The van der Waals surface area contributed by atoms with Crippen molar-refractivity contribution in [1.29, 1.82) is 0 Å². The summed E-state index contributed by atoms with van der Waals surface area (Å²) in [7, 11) is 0. The van der Waals surface area contributed by atoms with Crippen molar-refractivity contribution >= 4 is 17.6 Å². The lowest BCUT2D eigenvalue weighted by Crippen LogP contribution is -2.08. The second-order valence-electron chi connectivity index (χ2n) is 7.86. The largest absolute Gasteiger partial charge is 0.423 e. The highest BCUT2D eigenvalue weighted by Crippen LogP contribution is 2.29. The molecule has 5 heteroatoms. The molecule has 0 saturated heterocycles. The van der Waals surface area contributed by atoms with Crippen LogP contribution in [0.2, 0.25) is 5.02 Å². The molecule has 4 aromatic carbocycles. The van der Waals surface area contributed by atoms with Crippen LogP contribution in [0.25, 0.3) is 11.1 Å². The maximum atomic E-state index is 14.8. The summed E-state index contributed by atoms with van der Waals surface area (Å²) in [6.45, 7) is 1.95. The molecule has 4 aromatic rings. The zero-order valence-corrected chi connectivity index (χ0v) is 18.7. The number of halogens is 3. The normalized spacial score (nSPS) is 11.8. The molecule has 0 heterocycles. The Labute approximate surface area is 196 Å². The number of carbonyl (C=O) groups is 1. The molecule has 0 N–H and O–H groups in total. The summed E-state index contributed by atoms with van der Waals surface area (Å²) < 4.78 is 35.0. The molecule has 0 unspecified atom stereocenters. The van der Waals surface area contributed by atoms with Crippen molar-refractivity contribution in [2.45, 2.75) is 19.3 Å². The maximum absolute atomic E-state index is 14.8. The van der Waals surface area contributed by atoms with Gasteiger partial charge in [-0.05, 0) is 77.6 Å². The maximum Gasteiger partial charge on any atom is 0.343 e. The first-order valence-electron chi connectivity index (χ1n) is 10.5. The fraction of sp³-hybridized carbons (Fsp3) is 0.107. The lowest BCUT2D eigenvalue weighted by Gasteiger charge is -2.14. The first kappa shape index (κ1) is 22.7. The summed E-state index contributed by atoms with van der Waals surface area (Å²) in [4.78, 5) is 12.3. The van der Waals surface area contributed by atoms with Gasteiger partial charge in [0.1, 0.15) is 17.4 Å². The highest BCUT2D eigenvalue weighted by molar-refractivity contribution is 6.30. The first-order valence-corrected chi connectivity index (χ1v) is 10.9. The highest BCUT2D eigenvalue weighted by Gasteiger charge is 2.17. The van der Waals surface area contributed by atoms with Gasteiger partial charge in [-0.25, -0.2) is 13.6 Å². The molecular weight excluding hydrogens is 442 g/mol. The zero-order valence-electron chi connectivity index (χ0n) is 17.9. The SMILES string of the molecule is C[C@H](Cc1c(F)cc(-c2ccc(C(=O)Oc3ccc(Cl)cc3)cc2)cc1F)c1ccccc1. The molecule has 0 saturated carbocycles. The van der Waals surface area contributed by atoms with Crippen LogP contribution in [0.15, 0.2) is 91.0 Å². The number of benzene rings is 4. The summed E-state index contributed by atoms with van der Waals surface area (Å²) in [6, 6.07) is 25.2. The molecule has 4 rings (SSSR count). The molecule has 0 bridgehead atoms. The Hall–Kier alpha value is -3.50. The zero-order chi connectivity index (χ0) is 23.4. The van der Waals surface area contributed by atoms with E-state index in [1.165, 1.54) is 12.1 Å². The second kappa shape index (κ2) is 9.97. The van der Waals surface area contributed by atoms with Crippen molar-refractivity contribution in [3.05, 3.63) is 124 Å². The van der Waals surface area contributed by atoms with Crippen LogP contribution in [0.1, 0.15) is 34.3 Å². The Morgan fingerprint density at radius 3 is 2.06 bits per heavy atom. The number of carbonyl (C=O) groups excluding carboxylic acids is 1. The van der Waals surface area contributed by atoms with E-state index < -0.39 is 17.6 Å². The Balaban J connectivity index is 1.49. The third-order valence-corrected chi connectivity index (χ3v) is 5.75. The molecule has 1 atom stereocenters. The van der Waals surface area contributed by atoms with Crippen LogP contribution in [0.3, 0.4) is 0 Å². The third kappa shape index (κ3) is 5.47. The average molecular weight is 463 g/mol. The molecule has 0 amide bonds. The van der Waals surface area contributed by atoms with Crippen LogP contribution in [-0.2, 0) is 6.42 Å². The van der Waals surface area contributed by atoms with Crippen molar-refractivity contribution in [3.8, 4) is 16.9 Å². The van der Waals surface area contributed by atoms with Gasteiger partial charge in [0, 0.05) is 10.6 Å². The predicted octanol–water partition coefficient (Wildman–Crippen LogP) is 7.85. The van der Waals surface area contributed by atoms with Gasteiger partial charge in [-0.15, -0.1) is 0 Å². The third-order valence-electron chi connectivity index (χ3n) is 5.50. The summed E-state index contributed by atoms with van der Waals surface area (Å²) in [6.07, 6.45) is 0.261. The van der Waals surface area contributed by atoms with E-state index in [0.29, 0.717) is 27.5 Å². The van der Waals surface area contributed by atoms with Gasteiger partial charge >= 0.3 is 5.97 Å². The Kier molecular flexibility index (Phi) is 6.85. The van der Waals surface area contributed by atoms with E-state index in [1.54, 1.807) is 48.5 Å². The van der Waals surface area contributed by atoms with Gasteiger partial charge < -0.3 is 4.74 Å². The molecule has 0 spiro atoms. The van der Waals surface area contributed by atoms with Gasteiger partial charge in [0.15, 0.2) is 0 Å². The molecule has 0 aliphatic rings. The topological polar surface area (TPSA) is 26.3 Å². The standard InChI is InChI=1S/C28H21ClF2O2/c1-18(19-5-3-2-4-6-19)15-25-26(30)16-22(17-27(25)31)20-7-9-21(10-8-20)28(32)33-24-13-11-23(29)12-14-24/h2-14,16-18H,15H2,1H3/t18-/m1/s1. The fourth-order valence-corrected chi connectivity index (χ4v) is 3.76. The fourth-order valence-electron chi connectivity index (χ4n) is 3.64.